The topological polar surface area (TPSA) is 110 Å². The quantitative estimate of drug-likeness (QED) is 0.404. The first kappa shape index (κ1) is 17.2. The molecule has 0 aliphatic heterocycles. The van der Waals surface area contributed by atoms with Crippen LogP contribution in [0.1, 0.15) is 12.5 Å². The number of nitrogens with one attached hydrogen (secondary N) is 2. The van der Waals surface area contributed by atoms with Crippen molar-refractivity contribution in [2.75, 3.05) is 0 Å². The Morgan fingerprint density at radius 2 is 2.00 bits per heavy atom. The molecule has 0 fully saturated rings. The molecule has 8 nitrogen and oxygen atoms in total. The van der Waals surface area contributed by atoms with Crippen LogP contribution in [-0.4, -0.2) is 28.1 Å². The normalized spacial score (nSPS) is 12.2. The Kier molecular flexibility index (Phi) is 4.93. The number of nitrogens with zero attached hydrogens (tertiary/aromatic N) is 2. The number of hydrogen-bond donors (Lipinski definition) is 2. The van der Waals surface area contributed by atoms with Gasteiger partial charge in [0.1, 0.15) is 0 Å². The van der Waals surface area contributed by atoms with Gasteiger partial charge in [0.05, 0.1) is 11.1 Å². The fraction of sp³-hybridized carbons (Fsp3) is 0.111. The van der Waals surface area contributed by atoms with Crippen LogP contribution in [0.2, 0.25) is 0 Å². The molecular formula is C18H16N4O4. The number of aromatic nitrogens is 1. The van der Waals surface area contributed by atoms with Gasteiger partial charge in [-0.15, -0.1) is 0 Å². The summed E-state index contributed by atoms with van der Waals surface area (Å²) in [5, 5.41) is 15.9. The van der Waals surface area contributed by atoms with Gasteiger partial charge in [-0.3, -0.25) is 14.9 Å². The van der Waals surface area contributed by atoms with Crippen molar-refractivity contribution in [1.82, 2.24) is 10.4 Å². The van der Waals surface area contributed by atoms with Gasteiger partial charge in [0.2, 0.25) is 0 Å². The third kappa shape index (κ3) is 3.69. The molecule has 2 aromatic carbocycles. The van der Waals surface area contributed by atoms with Gasteiger partial charge in [-0.05, 0) is 19.1 Å². The monoisotopic (exact) mass is 352 g/mol. The van der Waals surface area contributed by atoms with Crippen molar-refractivity contribution in [3.8, 4) is 5.75 Å². The van der Waals surface area contributed by atoms with E-state index in [0.717, 1.165) is 16.5 Å². The van der Waals surface area contributed by atoms with Gasteiger partial charge in [0.15, 0.2) is 11.9 Å². The number of benzene rings is 2. The highest BCUT2D eigenvalue weighted by Gasteiger charge is 2.20. The minimum atomic E-state index is -0.948. The van der Waals surface area contributed by atoms with Gasteiger partial charge >= 0.3 is 5.69 Å². The second-order valence-corrected chi connectivity index (χ2v) is 5.51. The number of H-pyrrole nitrogens is 1. The highest BCUT2D eigenvalue weighted by atomic mass is 16.6. The lowest BCUT2D eigenvalue weighted by Crippen LogP contribution is -2.33. The first-order chi connectivity index (χ1) is 12.6. The molecule has 3 aromatic rings. The Morgan fingerprint density at radius 3 is 2.81 bits per heavy atom. The molecule has 132 valence electrons. The molecule has 1 atom stereocenters. The van der Waals surface area contributed by atoms with Crippen LogP contribution in [0.5, 0.6) is 5.75 Å². The van der Waals surface area contributed by atoms with E-state index in [1.54, 1.807) is 12.3 Å². The fourth-order valence-electron chi connectivity index (χ4n) is 2.41. The molecule has 2 N–H and O–H groups in total. The van der Waals surface area contributed by atoms with E-state index in [-0.39, 0.29) is 11.4 Å². The molecule has 26 heavy (non-hydrogen) atoms. The lowest BCUT2D eigenvalue weighted by Gasteiger charge is -2.12. The number of ether oxygens (including phenoxy) is 1. The van der Waals surface area contributed by atoms with E-state index in [1.807, 2.05) is 24.3 Å². The van der Waals surface area contributed by atoms with Crippen LogP contribution in [0.15, 0.2) is 59.8 Å². The van der Waals surface area contributed by atoms with Crippen LogP contribution in [0.3, 0.4) is 0 Å². The van der Waals surface area contributed by atoms with Gasteiger partial charge in [-0.1, -0.05) is 30.3 Å². The summed E-state index contributed by atoms with van der Waals surface area (Å²) in [5.41, 5.74) is 3.97. The number of carbonyl (C=O) groups is 1. The van der Waals surface area contributed by atoms with Crippen molar-refractivity contribution >= 4 is 28.7 Å². The lowest BCUT2D eigenvalue weighted by atomic mass is 10.2. The molecule has 1 unspecified atom stereocenters. The lowest BCUT2D eigenvalue weighted by molar-refractivity contribution is -0.386. The molecule has 3 rings (SSSR count). The summed E-state index contributed by atoms with van der Waals surface area (Å²) in [5.74, 6) is -0.486. The Hall–Kier alpha value is -3.68. The van der Waals surface area contributed by atoms with Crippen molar-refractivity contribution in [2.24, 2.45) is 5.10 Å². The number of nitro groups is 1. The maximum absolute atomic E-state index is 12.1. The van der Waals surface area contributed by atoms with Crippen LogP contribution in [0.25, 0.3) is 10.9 Å². The molecule has 0 aliphatic carbocycles. The fourth-order valence-corrected chi connectivity index (χ4v) is 2.41. The second kappa shape index (κ2) is 7.47. The first-order valence-electron chi connectivity index (χ1n) is 7.85. The minimum Gasteiger partial charge on any atom is -0.474 e. The first-order valence-corrected chi connectivity index (χ1v) is 7.85. The summed E-state index contributed by atoms with van der Waals surface area (Å²) in [6.45, 7) is 1.49. The van der Waals surface area contributed by atoms with Crippen molar-refractivity contribution in [2.45, 2.75) is 13.0 Å². The molecule has 0 aliphatic rings. The molecule has 1 amide bonds. The largest absolute Gasteiger partial charge is 0.474 e. The Labute approximate surface area is 148 Å². The minimum absolute atomic E-state index is 0.0285. The summed E-state index contributed by atoms with van der Waals surface area (Å²) in [6.07, 6.45) is 2.36. The summed E-state index contributed by atoms with van der Waals surface area (Å²) in [4.78, 5) is 25.6. The SMILES string of the molecule is CC(Oc1ccccc1[N+](=O)[O-])C(=O)N/N=C/c1c[nH]c2ccccc12. The molecular weight excluding hydrogens is 336 g/mol. The predicted molar refractivity (Wildman–Crippen MR) is 97.2 cm³/mol. The number of para-hydroxylation sites is 3. The maximum Gasteiger partial charge on any atom is 0.310 e. The van der Waals surface area contributed by atoms with Crippen LogP contribution in [0.4, 0.5) is 5.69 Å². The number of carbonyl (C=O) groups excluding carboxylic acids is 1. The standard InChI is InChI=1S/C18H16N4O4/c1-12(26-17-9-5-4-8-16(17)22(24)25)18(23)21-20-11-13-10-19-15-7-3-2-6-14(13)15/h2-12,19H,1H3,(H,21,23)/b20-11+. The van der Waals surface area contributed by atoms with Crippen molar-refractivity contribution < 1.29 is 14.5 Å². The maximum atomic E-state index is 12.1. The molecule has 0 saturated heterocycles. The van der Waals surface area contributed by atoms with Crippen LogP contribution in [0, 0.1) is 10.1 Å². The van der Waals surface area contributed by atoms with E-state index >= 15 is 0 Å². The molecule has 1 aromatic heterocycles. The molecule has 0 saturated carbocycles. The average molecular weight is 352 g/mol. The third-order valence-corrected chi connectivity index (χ3v) is 3.73. The van der Waals surface area contributed by atoms with Crippen LogP contribution >= 0.6 is 0 Å². The van der Waals surface area contributed by atoms with Crippen molar-refractivity contribution in [3.63, 3.8) is 0 Å². The highest BCUT2D eigenvalue weighted by molar-refractivity contribution is 5.99. The van der Waals surface area contributed by atoms with E-state index in [4.69, 9.17) is 4.74 Å². The summed E-state index contributed by atoms with van der Waals surface area (Å²) >= 11 is 0. The number of aromatic amines is 1. The van der Waals surface area contributed by atoms with Gasteiger partial charge in [-0.2, -0.15) is 5.10 Å². The smallest absolute Gasteiger partial charge is 0.310 e. The van der Waals surface area contributed by atoms with Gasteiger partial charge in [0, 0.05) is 28.7 Å². The number of nitro benzene ring substituents is 1. The van der Waals surface area contributed by atoms with Gasteiger partial charge in [-0.25, -0.2) is 5.43 Å². The predicted octanol–water partition coefficient (Wildman–Crippen LogP) is 2.99. The van der Waals surface area contributed by atoms with Gasteiger partial charge < -0.3 is 9.72 Å². The van der Waals surface area contributed by atoms with Crippen molar-refractivity contribution in [3.05, 3.63) is 70.4 Å². The zero-order chi connectivity index (χ0) is 18.5. The van der Waals surface area contributed by atoms with E-state index < -0.39 is 16.9 Å². The molecule has 1 heterocycles. The molecule has 0 spiro atoms. The molecule has 0 bridgehead atoms. The van der Waals surface area contributed by atoms with Gasteiger partial charge in [0.25, 0.3) is 5.91 Å². The number of hydrazone groups is 1. The summed E-state index contributed by atoms with van der Waals surface area (Å²) < 4.78 is 5.39. The van der Waals surface area contributed by atoms with E-state index in [9.17, 15) is 14.9 Å². The number of amides is 1. The third-order valence-electron chi connectivity index (χ3n) is 3.73. The van der Waals surface area contributed by atoms with Crippen molar-refractivity contribution in [1.29, 1.82) is 0 Å². The second-order valence-electron chi connectivity index (χ2n) is 5.51. The summed E-state index contributed by atoms with van der Waals surface area (Å²) in [7, 11) is 0. The number of rotatable bonds is 6. The summed E-state index contributed by atoms with van der Waals surface area (Å²) in [6, 6.07) is 13.6. The average Bonchev–Trinajstić information content (AvgIpc) is 3.05. The number of hydrogen-bond acceptors (Lipinski definition) is 5. The van der Waals surface area contributed by atoms with E-state index in [0.29, 0.717) is 0 Å². The van der Waals surface area contributed by atoms with Crippen LogP contribution < -0.4 is 10.2 Å². The molecule has 8 heteroatoms. The Bertz CT molecular complexity index is 980. The zero-order valence-electron chi connectivity index (χ0n) is 13.9. The number of fused-ring (bicyclic) bond motifs is 1. The van der Waals surface area contributed by atoms with Crippen LogP contribution in [-0.2, 0) is 4.79 Å². The molecule has 0 radical (unpaired) electrons. The Balaban J connectivity index is 1.64. The van der Waals surface area contributed by atoms with E-state index in [1.165, 1.54) is 31.3 Å². The zero-order valence-corrected chi connectivity index (χ0v) is 13.9. The highest BCUT2D eigenvalue weighted by Crippen LogP contribution is 2.26. The van der Waals surface area contributed by atoms with E-state index in [2.05, 4.69) is 15.5 Å². The Morgan fingerprint density at radius 1 is 1.27 bits per heavy atom.